The number of aromatic nitrogens is 1. The van der Waals surface area contributed by atoms with Crippen molar-refractivity contribution in [3.8, 4) is 0 Å². The summed E-state index contributed by atoms with van der Waals surface area (Å²) in [6, 6.07) is 6.31. The molecule has 1 aliphatic heterocycles. The lowest BCUT2D eigenvalue weighted by molar-refractivity contribution is -0.139. The van der Waals surface area contributed by atoms with Gasteiger partial charge in [0, 0.05) is 23.5 Å². The number of piperazine rings is 1. The monoisotopic (exact) mass is 287 g/mol. The molecule has 1 saturated heterocycles. The molecule has 2 amide bonds. The molecule has 0 saturated carbocycles. The van der Waals surface area contributed by atoms with Crippen LogP contribution >= 0.6 is 0 Å². The Kier molecular flexibility index (Phi) is 3.39. The molecule has 0 aliphatic carbocycles. The molecule has 2 aromatic rings. The third-order valence-corrected chi connectivity index (χ3v) is 3.79. The Labute approximate surface area is 121 Å². The standard InChI is InChI=1S/C15H17N3O3/c1-8(19)13-15(21)17-12(14(20)18-13)6-9-7-16-11-5-3-2-4-10(9)11/h2-5,7-8,12-13,16,19H,6H2,1H3,(H,17,21)(H,18,20)/t8-,12-,13+/m0/s1. The van der Waals surface area contributed by atoms with Gasteiger partial charge >= 0.3 is 0 Å². The molecule has 110 valence electrons. The number of para-hydroxylation sites is 1. The summed E-state index contributed by atoms with van der Waals surface area (Å²) in [7, 11) is 0. The van der Waals surface area contributed by atoms with Crippen LogP contribution in [0.5, 0.6) is 0 Å². The number of aromatic amines is 1. The van der Waals surface area contributed by atoms with Gasteiger partial charge in [-0.2, -0.15) is 0 Å². The Balaban J connectivity index is 1.79. The second-order valence-corrected chi connectivity index (χ2v) is 5.35. The Morgan fingerprint density at radius 2 is 1.95 bits per heavy atom. The van der Waals surface area contributed by atoms with E-state index >= 15 is 0 Å². The molecule has 0 spiro atoms. The van der Waals surface area contributed by atoms with Crippen LogP contribution in [0.4, 0.5) is 0 Å². The van der Waals surface area contributed by atoms with Crippen molar-refractivity contribution >= 4 is 22.7 Å². The van der Waals surface area contributed by atoms with Gasteiger partial charge in [0.15, 0.2) is 0 Å². The lowest BCUT2D eigenvalue weighted by Gasteiger charge is -2.30. The summed E-state index contributed by atoms with van der Waals surface area (Å²) < 4.78 is 0. The van der Waals surface area contributed by atoms with E-state index in [-0.39, 0.29) is 11.8 Å². The van der Waals surface area contributed by atoms with Gasteiger partial charge in [0.1, 0.15) is 12.1 Å². The molecule has 6 nitrogen and oxygen atoms in total. The van der Waals surface area contributed by atoms with E-state index in [0.717, 1.165) is 16.5 Å². The maximum Gasteiger partial charge on any atom is 0.245 e. The van der Waals surface area contributed by atoms with Crippen LogP contribution in [0.3, 0.4) is 0 Å². The van der Waals surface area contributed by atoms with E-state index in [1.807, 2.05) is 30.5 Å². The number of benzene rings is 1. The summed E-state index contributed by atoms with van der Waals surface area (Å²) in [4.78, 5) is 27.1. The summed E-state index contributed by atoms with van der Waals surface area (Å²) in [6.07, 6.45) is 1.35. The molecule has 21 heavy (non-hydrogen) atoms. The van der Waals surface area contributed by atoms with Crippen LogP contribution in [-0.2, 0) is 16.0 Å². The molecular formula is C15H17N3O3. The molecule has 1 aromatic carbocycles. The highest BCUT2D eigenvalue weighted by atomic mass is 16.3. The minimum absolute atomic E-state index is 0.272. The van der Waals surface area contributed by atoms with Gasteiger partial charge in [0.05, 0.1) is 6.10 Å². The first-order valence-electron chi connectivity index (χ1n) is 6.90. The predicted octanol–water partition coefficient (Wildman–Crippen LogP) is 0.0744. The number of aliphatic hydroxyl groups excluding tert-OH is 1. The molecule has 0 bridgehead atoms. The number of carbonyl (C=O) groups is 2. The fraction of sp³-hybridized carbons (Fsp3) is 0.333. The molecule has 1 aliphatic rings. The van der Waals surface area contributed by atoms with E-state index in [1.54, 1.807) is 0 Å². The van der Waals surface area contributed by atoms with E-state index in [9.17, 15) is 14.7 Å². The minimum Gasteiger partial charge on any atom is -0.391 e. The number of fused-ring (bicyclic) bond motifs is 1. The van der Waals surface area contributed by atoms with Crippen molar-refractivity contribution in [3.05, 3.63) is 36.0 Å². The first-order valence-corrected chi connectivity index (χ1v) is 6.90. The van der Waals surface area contributed by atoms with Crippen LogP contribution in [0.1, 0.15) is 12.5 Å². The molecule has 4 N–H and O–H groups in total. The minimum atomic E-state index is -0.914. The summed E-state index contributed by atoms with van der Waals surface area (Å²) in [6.45, 7) is 1.48. The van der Waals surface area contributed by atoms with E-state index in [2.05, 4.69) is 15.6 Å². The van der Waals surface area contributed by atoms with Crippen molar-refractivity contribution in [2.45, 2.75) is 31.5 Å². The van der Waals surface area contributed by atoms with Gasteiger partial charge in [-0.15, -0.1) is 0 Å². The molecule has 3 rings (SSSR count). The van der Waals surface area contributed by atoms with Crippen molar-refractivity contribution in [2.24, 2.45) is 0 Å². The molecule has 1 fully saturated rings. The quantitative estimate of drug-likeness (QED) is 0.643. The van der Waals surface area contributed by atoms with Crippen LogP contribution in [0.25, 0.3) is 10.9 Å². The number of amides is 2. The number of nitrogens with one attached hydrogen (secondary N) is 3. The average Bonchev–Trinajstić information content (AvgIpc) is 2.85. The molecule has 3 atom stereocenters. The van der Waals surface area contributed by atoms with E-state index in [0.29, 0.717) is 6.42 Å². The average molecular weight is 287 g/mol. The zero-order valence-electron chi connectivity index (χ0n) is 11.6. The normalized spacial score (nSPS) is 23.7. The Morgan fingerprint density at radius 3 is 2.71 bits per heavy atom. The SMILES string of the molecule is C[C@H](O)[C@H]1NC(=O)[C@H](Cc2c[nH]c3ccccc23)NC1=O. The highest BCUT2D eigenvalue weighted by Gasteiger charge is 2.36. The second-order valence-electron chi connectivity index (χ2n) is 5.35. The van der Waals surface area contributed by atoms with E-state index in [4.69, 9.17) is 0 Å². The maximum atomic E-state index is 12.1. The number of hydrogen-bond donors (Lipinski definition) is 4. The summed E-state index contributed by atoms with van der Waals surface area (Å²) in [5, 5.41) is 15.7. The zero-order valence-corrected chi connectivity index (χ0v) is 11.6. The van der Waals surface area contributed by atoms with Crippen LogP contribution in [0.15, 0.2) is 30.5 Å². The van der Waals surface area contributed by atoms with Crippen molar-refractivity contribution in [2.75, 3.05) is 0 Å². The number of H-pyrrole nitrogens is 1. The number of rotatable bonds is 3. The Hall–Kier alpha value is -2.34. The molecule has 2 heterocycles. The number of aliphatic hydroxyl groups is 1. The van der Waals surface area contributed by atoms with Gasteiger partial charge in [0.25, 0.3) is 0 Å². The van der Waals surface area contributed by atoms with Gasteiger partial charge in [-0.1, -0.05) is 18.2 Å². The highest BCUT2D eigenvalue weighted by Crippen LogP contribution is 2.19. The van der Waals surface area contributed by atoms with Gasteiger partial charge < -0.3 is 20.7 Å². The van der Waals surface area contributed by atoms with Crippen molar-refractivity contribution in [1.29, 1.82) is 0 Å². The first kappa shape index (κ1) is 13.6. The van der Waals surface area contributed by atoms with E-state index in [1.165, 1.54) is 6.92 Å². The number of carbonyl (C=O) groups excluding carboxylic acids is 2. The van der Waals surface area contributed by atoms with Gasteiger partial charge in [-0.05, 0) is 18.6 Å². The van der Waals surface area contributed by atoms with Crippen molar-refractivity contribution < 1.29 is 14.7 Å². The number of hydrogen-bond acceptors (Lipinski definition) is 3. The smallest absolute Gasteiger partial charge is 0.245 e. The topological polar surface area (TPSA) is 94.2 Å². The third-order valence-electron chi connectivity index (χ3n) is 3.79. The van der Waals surface area contributed by atoms with Crippen LogP contribution in [0, 0.1) is 0 Å². The molecule has 6 heteroatoms. The third kappa shape index (κ3) is 2.50. The summed E-state index contributed by atoms with van der Waals surface area (Å²) in [5.74, 6) is -0.625. The van der Waals surface area contributed by atoms with Gasteiger partial charge in [-0.3, -0.25) is 9.59 Å². The van der Waals surface area contributed by atoms with Crippen molar-refractivity contribution in [3.63, 3.8) is 0 Å². The van der Waals surface area contributed by atoms with E-state index < -0.39 is 18.2 Å². The van der Waals surface area contributed by atoms with Gasteiger partial charge in [0.2, 0.25) is 11.8 Å². The molecule has 0 unspecified atom stereocenters. The largest absolute Gasteiger partial charge is 0.391 e. The summed E-state index contributed by atoms with van der Waals surface area (Å²) >= 11 is 0. The maximum absolute atomic E-state index is 12.1. The molecule has 1 aromatic heterocycles. The van der Waals surface area contributed by atoms with Crippen LogP contribution in [-0.4, -0.2) is 40.1 Å². The Morgan fingerprint density at radius 1 is 1.19 bits per heavy atom. The fourth-order valence-corrected chi connectivity index (χ4v) is 2.65. The van der Waals surface area contributed by atoms with Crippen LogP contribution in [0.2, 0.25) is 0 Å². The van der Waals surface area contributed by atoms with Crippen molar-refractivity contribution in [1.82, 2.24) is 15.6 Å². The first-order chi connectivity index (χ1) is 10.1. The van der Waals surface area contributed by atoms with Gasteiger partial charge in [-0.25, -0.2) is 0 Å². The lowest BCUT2D eigenvalue weighted by Crippen LogP contribution is -2.65. The highest BCUT2D eigenvalue weighted by molar-refractivity contribution is 5.97. The Bertz CT molecular complexity index is 692. The fourth-order valence-electron chi connectivity index (χ4n) is 2.65. The lowest BCUT2D eigenvalue weighted by atomic mass is 10.00. The summed E-state index contributed by atoms with van der Waals surface area (Å²) in [5.41, 5.74) is 1.97. The molecular weight excluding hydrogens is 270 g/mol. The van der Waals surface area contributed by atoms with Crippen LogP contribution < -0.4 is 10.6 Å². The predicted molar refractivity (Wildman–Crippen MR) is 77.5 cm³/mol. The zero-order chi connectivity index (χ0) is 15.0. The second kappa shape index (κ2) is 5.21. The molecule has 0 radical (unpaired) electrons.